The van der Waals surface area contributed by atoms with Gasteiger partial charge in [-0.1, -0.05) is 63.5 Å². The monoisotopic (exact) mass is 554 g/mol. The zero-order valence-electron chi connectivity index (χ0n) is 20.8. The van der Waals surface area contributed by atoms with Gasteiger partial charge in [-0.15, -0.1) is 0 Å². The van der Waals surface area contributed by atoms with Crippen LogP contribution in [-0.4, -0.2) is 31.2 Å². The van der Waals surface area contributed by atoms with Crippen molar-refractivity contribution < 1.29 is 13.2 Å². The van der Waals surface area contributed by atoms with E-state index in [1.807, 2.05) is 89.2 Å². The zero-order valence-corrected chi connectivity index (χ0v) is 23.2. The molecule has 0 N–H and O–H groups in total. The maximum atomic E-state index is 14.0. The van der Waals surface area contributed by atoms with E-state index in [1.54, 1.807) is 4.90 Å². The Morgan fingerprint density at radius 1 is 0.971 bits per heavy atom. The van der Waals surface area contributed by atoms with Crippen molar-refractivity contribution in [1.82, 2.24) is 4.31 Å². The van der Waals surface area contributed by atoms with Crippen LogP contribution < -0.4 is 4.90 Å². The number of hydrogen-bond acceptors (Lipinski definition) is 3. The lowest BCUT2D eigenvalue weighted by molar-refractivity contribution is -0.119. The second-order valence-electron chi connectivity index (χ2n) is 9.58. The van der Waals surface area contributed by atoms with Crippen LogP contribution in [0, 0.1) is 27.7 Å². The van der Waals surface area contributed by atoms with Gasteiger partial charge in [-0.25, -0.2) is 8.42 Å². The Balaban J connectivity index is 1.73. The van der Waals surface area contributed by atoms with Crippen molar-refractivity contribution in [3.8, 4) is 0 Å². The van der Waals surface area contributed by atoms with Gasteiger partial charge in [0.2, 0.25) is 15.9 Å². The number of fused-ring (bicyclic) bond motifs is 1. The topological polar surface area (TPSA) is 57.7 Å². The summed E-state index contributed by atoms with van der Waals surface area (Å²) in [7, 11) is -3.94. The molecule has 1 atom stereocenters. The summed E-state index contributed by atoms with van der Waals surface area (Å²) >= 11 is 3.50. The molecule has 1 aliphatic heterocycles. The number of hydrogen-bond donors (Lipinski definition) is 0. The smallest absolute Gasteiger partial charge is 0.244 e. The van der Waals surface area contributed by atoms with Gasteiger partial charge in [-0.05, 0) is 81.5 Å². The number of halogens is 1. The second kappa shape index (κ2) is 9.88. The number of aryl methyl sites for hydroxylation is 4. The fraction of sp³-hybridized carbons (Fsp3) is 0.321. The van der Waals surface area contributed by atoms with Gasteiger partial charge < -0.3 is 4.90 Å². The number of carbonyl (C=O) groups excluding carboxylic acids is 1. The van der Waals surface area contributed by atoms with E-state index in [1.165, 1.54) is 4.31 Å². The highest BCUT2D eigenvalue weighted by Crippen LogP contribution is 2.35. The minimum atomic E-state index is -3.94. The van der Waals surface area contributed by atoms with Gasteiger partial charge in [0, 0.05) is 22.7 Å². The van der Waals surface area contributed by atoms with Crippen LogP contribution in [0.15, 0.2) is 64.0 Å². The molecule has 4 rings (SSSR count). The molecule has 0 radical (unpaired) electrons. The van der Waals surface area contributed by atoms with E-state index in [-0.39, 0.29) is 29.9 Å². The molecule has 1 aliphatic rings. The van der Waals surface area contributed by atoms with Crippen LogP contribution in [-0.2, 0) is 27.8 Å². The first-order valence-corrected chi connectivity index (χ1v) is 13.9. The summed E-state index contributed by atoms with van der Waals surface area (Å²) in [6.45, 7) is 9.46. The van der Waals surface area contributed by atoms with Crippen molar-refractivity contribution in [2.75, 3.05) is 11.4 Å². The van der Waals surface area contributed by atoms with Gasteiger partial charge in [-0.2, -0.15) is 4.31 Å². The first-order chi connectivity index (χ1) is 16.5. The highest BCUT2D eigenvalue weighted by molar-refractivity contribution is 9.10. The average molecular weight is 556 g/mol. The molecule has 0 fully saturated rings. The number of nitrogens with zero attached hydrogens (tertiary/aromatic N) is 2. The first kappa shape index (κ1) is 25.6. The zero-order chi connectivity index (χ0) is 25.5. The molecule has 0 bridgehead atoms. The van der Waals surface area contributed by atoms with E-state index in [9.17, 15) is 13.2 Å². The Labute approximate surface area is 216 Å². The Hall–Kier alpha value is -2.48. The molecule has 35 heavy (non-hydrogen) atoms. The highest BCUT2D eigenvalue weighted by Gasteiger charge is 2.35. The van der Waals surface area contributed by atoms with Crippen LogP contribution >= 0.6 is 15.9 Å². The Morgan fingerprint density at radius 2 is 1.60 bits per heavy atom. The van der Waals surface area contributed by atoms with Gasteiger partial charge in [0.05, 0.1) is 11.4 Å². The number of carbonyl (C=O) groups is 1. The number of benzene rings is 3. The third-order valence-electron chi connectivity index (χ3n) is 6.52. The molecule has 7 heteroatoms. The number of sulfonamides is 1. The van der Waals surface area contributed by atoms with Crippen LogP contribution in [0.25, 0.3) is 0 Å². The third-order valence-corrected chi connectivity index (χ3v) is 9.11. The summed E-state index contributed by atoms with van der Waals surface area (Å²) in [6, 6.07) is 17.3. The fourth-order valence-electron chi connectivity index (χ4n) is 5.03. The Morgan fingerprint density at radius 3 is 2.23 bits per heavy atom. The van der Waals surface area contributed by atoms with E-state index in [0.717, 1.165) is 38.8 Å². The molecular weight excluding hydrogens is 524 g/mol. The standard InChI is InChI=1S/C28H31BrN2O3S/c1-18-6-8-23(9-7-18)16-30(35(33,34)28-20(3)12-19(2)13-21(28)4)17-27(32)31-22(5)14-24-15-25(29)10-11-26(24)31/h6-13,15,22H,14,16-17H2,1-5H3/t22-/m0/s1. The molecule has 0 aromatic heterocycles. The summed E-state index contributed by atoms with van der Waals surface area (Å²) in [6.07, 6.45) is 0.738. The molecule has 1 amide bonds. The van der Waals surface area contributed by atoms with Crippen molar-refractivity contribution in [2.24, 2.45) is 0 Å². The predicted octanol–water partition coefficient (Wildman–Crippen LogP) is 5.85. The number of amides is 1. The quantitative estimate of drug-likeness (QED) is 0.384. The van der Waals surface area contributed by atoms with Crippen LogP contribution in [0.2, 0.25) is 0 Å². The molecular formula is C28H31BrN2O3S. The van der Waals surface area contributed by atoms with E-state index >= 15 is 0 Å². The van der Waals surface area contributed by atoms with Crippen molar-refractivity contribution in [1.29, 1.82) is 0 Å². The average Bonchev–Trinajstić information content (AvgIpc) is 3.08. The highest BCUT2D eigenvalue weighted by atomic mass is 79.9. The van der Waals surface area contributed by atoms with Crippen LogP contribution in [0.4, 0.5) is 5.69 Å². The maximum Gasteiger partial charge on any atom is 0.244 e. The lowest BCUT2D eigenvalue weighted by Gasteiger charge is -2.28. The molecule has 1 heterocycles. The molecule has 3 aromatic carbocycles. The van der Waals surface area contributed by atoms with Crippen molar-refractivity contribution in [2.45, 2.75) is 58.5 Å². The van der Waals surface area contributed by atoms with E-state index in [2.05, 4.69) is 15.9 Å². The SMILES string of the molecule is Cc1ccc(CN(CC(=O)N2c3ccc(Br)cc3C[C@@H]2C)S(=O)(=O)c2c(C)cc(C)cc2C)cc1. The molecule has 0 spiro atoms. The van der Waals surface area contributed by atoms with Crippen molar-refractivity contribution in [3.05, 3.63) is 92.5 Å². The molecule has 5 nitrogen and oxygen atoms in total. The molecule has 0 aliphatic carbocycles. The van der Waals surface area contributed by atoms with E-state index in [0.29, 0.717) is 11.1 Å². The Bertz CT molecular complexity index is 1360. The fourth-order valence-corrected chi connectivity index (χ4v) is 7.23. The van der Waals surface area contributed by atoms with Crippen LogP contribution in [0.1, 0.15) is 40.3 Å². The number of rotatable bonds is 6. The second-order valence-corrected chi connectivity index (χ2v) is 12.4. The molecule has 0 unspecified atom stereocenters. The lowest BCUT2D eigenvalue weighted by Crippen LogP contribution is -2.45. The molecule has 0 saturated heterocycles. The minimum Gasteiger partial charge on any atom is -0.308 e. The molecule has 3 aromatic rings. The van der Waals surface area contributed by atoms with Crippen LogP contribution in [0.3, 0.4) is 0 Å². The largest absolute Gasteiger partial charge is 0.308 e. The predicted molar refractivity (Wildman–Crippen MR) is 144 cm³/mol. The summed E-state index contributed by atoms with van der Waals surface area (Å²) in [5, 5.41) is 0. The van der Waals surface area contributed by atoms with Gasteiger partial charge in [0.25, 0.3) is 0 Å². The summed E-state index contributed by atoms with van der Waals surface area (Å²) < 4.78 is 30.3. The van der Waals surface area contributed by atoms with E-state index in [4.69, 9.17) is 0 Å². The van der Waals surface area contributed by atoms with Gasteiger partial charge in [0.15, 0.2) is 0 Å². The molecule has 0 saturated carbocycles. The van der Waals surface area contributed by atoms with Crippen molar-refractivity contribution >= 4 is 37.5 Å². The van der Waals surface area contributed by atoms with Crippen LogP contribution in [0.5, 0.6) is 0 Å². The maximum absolute atomic E-state index is 14.0. The minimum absolute atomic E-state index is 0.0430. The van der Waals surface area contributed by atoms with Gasteiger partial charge >= 0.3 is 0 Å². The normalized spacial score (nSPS) is 15.5. The molecule has 184 valence electrons. The van der Waals surface area contributed by atoms with Gasteiger partial charge in [0.1, 0.15) is 0 Å². The Kier molecular flexibility index (Phi) is 7.23. The summed E-state index contributed by atoms with van der Waals surface area (Å²) in [4.78, 5) is 15.7. The number of anilines is 1. The van der Waals surface area contributed by atoms with Crippen molar-refractivity contribution in [3.63, 3.8) is 0 Å². The first-order valence-electron chi connectivity index (χ1n) is 11.7. The lowest BCUT2D eigenvalue weighted by atomic mass is 10.1. The third kappa shape index (κ3) is 5.22. The summed E-state index contributed by atoms with van der Waals surface area (Å²) in [5.41, 5.74) is 6.25. The summed E-state index contributed by atoms with van der Waals surface area (Å²) in [5.74, 6) is -0.225. The van der Waals surface area contributed by atoms with E-state index < -0.39 is 10.0 Å². The van der Waals surface area contributed by atoms with Gasteiger partial charge in [-0.3, -0.25) is 4.79 Å².